The monoisotopic (exact) mass is 276 g/mol. The van der Waals surface area contributed by atoms with Crippen LogP contribution in [0.3, 0.4) is 0 Å². The molecule has 0 aliphatic heterocycles. The first kappa shape index (κ1) is 10.1. The van der Waals surface area contributed by atoms with E-state index in [0.717, 1.165) is 10.0 Å². The fourth-order valence-corrected chi connectivity index (χ4v) is 3.52. The Balaban J connectivity index is 2.15. The Morgan fingerprint density at radius 3 is 2.64 bits per heavy atom. The van der Waals surface area contributed by atoms with Crippen LogP contribution in [0.2, 0.25) is 0 Å². The molecule has 0 amide bonds. The highest BCUT2D eigenvalue weighted by molar-refractivity contribution is 9.10. The molecule has 14 heavy (non-hydrogen) atoms. The van der Waals surface area contributed by atoms with Crippen LogP contribution < -0.4 is 0 Å². The zero-order valence-electron chi connectivity index (χ0n) is 7.24. The van der Waals surface area contributed by atoms with Crippen molar-refractivity contribution in [2.45, 2.75) is 18.4 Å². The van der Waals surface area contributed by atoms with Crippen molar-refractivity contribution >= 4 is 33.2 Å². The second kappa shape index (κ2) is 3.32. The summed E-state index contributed by atoms with van der Waals surface area (Å²) in [6.07, 6.45) is 0.634. The van der Waals surface area contributed by atoms with Gasteiger partial charge in [-0.2, -0.15) is 11.3 Å². The zero-order chi connectivity index (χ0) is 10.3. The quantitative estimate of drug-likeness (QED) is 0.871. The molecule has 0 saturated heterocycles. The van der Waals surface area contributed by atoms with Crippen LogP contribution in [0.5, 0.6) is 0 Å². The molecule has 1 aromatic heterocycles. The maximum atomic E-state index is 10.6. The third kappa shape index (κ3) is 1.49. The van der Waals surface area contributed by atoms with Gasteiger partial charge in [0, 0.05) is 15.4 Å². The second-order valence-corrected chi connectivity index (χ2v) is 5.21. The number of thiophene rings is 1. The van der Waals surface area contributed by atoms with Gasteiger partial charge in [0.2, 0.25) is 0 Å². The Bertz CT molecular complexity index is 368. The second-order valence-electron chi connectivity index (χ2n) is 3.61. The predicted octanol–water partition coefficient (Wildman–Crippen LogP) is 2.19. The first-order valence-corrected chi connectivity index (χ1v) is 5.94. The molecular formula is C9H9BrO3S. The highest BCUT2D eigenvalue weighted by Crippen LogP contribution is 2.48. The molecular weight excluding hydrogens is 268 g/mol. The highest BCUT2D eigenvalue weighted by atomic mass is 79.9. The van der Waals surface area contributed by atoms with Crippen LogP contribution in [-0.4, -0.2) is 16.2 Å². The first-order valence-electron chi connectivity index (χ1n) is 4.20. The summed E-state index contributed by atoms with van der Waals surface area (Å²) >= 11 is 4.83. The summed E-state index contributed by atoms with van der Waals surface area (Å²) in [5.74, 6) is -1.21. The van der Waals surface area contributed by atoms with Crippen LogP contribution in [-0.2, 0) is 10.4 Å². The molecule has 0 bridgehead atoms. The number of aliphatic carboxylic acids is 1. The molecule has 0 aromatic carbocycles. The summed E-state index contributed by atoms with van der Waals surface area (Å²) in [7, 11) is 0. The van der Waals surface area contributed by atoms with Gasteiger partial charge in [0.25, 0.3) is 0 Å². The molecule has 1 aliphatic rings. The van der Waals surface area contributed by atoms with Gasteiger partial charge >= 0.3 is 5.97 Å². The van der Waals surface area contributed by atoms with Crippen LogP contribution in [0.15, 0.2) is 15.2 Å². The van der Waals surface area contributed by atoms with Gasteiger partial charge in [-0.25, -0.2) is 0 Å². The normalized spacial score (nSPS) is 31.1. The fourth-order valence-electron chi connectivity index (χ4n) is 1.76. The number of carbonyl (C=O) groups is 1. The van der Waals surface area contributed by atoms with Crippen LogP contribution in [0.25, 0.3) is 0 Å². The van der Waals surface area contributed by atoms with E-state index in [-0.39, 0.29) is 0 Å². The average Bonchev–Trinajstić information content (AvgIpc) is 2.45. The van der Waals surface area contributed by atoms with E-state index in [0.29, 0.717) is 12.8 Å². The number of rotatable bonds is 2. The molecule has 3 nitrogen and oxygen atoms in total. The smallest absolute Gasteiger partial charge is 0.306 e. The summed E-state index contributed by atoms with van der Waals surface area (Å²) in [6, 6.07) is 0. The van der Waals surface area contributed by atoms with Crippen molar-refractivity contribution in [3.8, 4) is 0 Å². The maximum absolute atomic E-state index is 10.6. The van der Waals surface area contributed by atoms with Crippen LogP contribution in [0.4, 0.5) is 0 Å². The topological polar surface area (TPSA) is 57.5 Å². The van der Waals surface area contributed by atoms with Crippen molar-refractivity contribution in [3.05, 3.63) is 20.8 Å². The maximum Gasteiger partial charge on any atom is 0.306 e. The van der Waals surface area contributed by atoms with E-state index in [1.807, 2.05) is 10.8 Å². The number of hydrogen-bond acceptors (Lipinski definition) is 3. The summed E-state index contributed by atoms with van der Waals surface area (Å²) in [6.45, 7) is 0. The van der Waals surface area contributed by atoms with E-state index in [2.05, 4.69) is 15.9 Å². The molecule has 0 atom stereocenters. The minimum Gasteiger partial charge on any atom is -0.481 e. The van der Waals surface area contributed by atoms with E-state index in [9.17, 15) is 9.90 Å². The lowest BCUT2D eigenvalue weighted by atomic mass is 9.68. The van der Waals surface area contributed by atoms with Gasteiger partial charge in [0.1, 0.15) is 0 Å². The third-order valence-corrected chi connectivity index (χ3v) is 4.34. The lowest BCUT2D eigenvalue weighted by Crippen LogP contribution is -2.44. The van der Waals surface area contributed by atoms with Gasteiger partial charge < -0.3 is 10.2 Å². The molecule has 2 N–H and O–H groups in total. The first-order chi connectivity index (χ1) is 6.53. The van der Waals surface area contributed by atoms with E-state index in [1.165, 1.54) is 11.3 Å². The minimum absolute atomic E-state index is 0.317. The lowest BCUT2D eigenvalue weighted by Gasteiger charge is -2.41. The standard InChI is InChI=1S/C9H9BrO3S/c10-7-4-14-3-6(7)9(13)1-5(2-9)8(11)12/h3-5,13H,1-2H2,(H,11,12). The van der Waals surface area contributed by atoms with Crippen LogP contribution in [0, 0.1) is 5.92 Å². The minimum atomic E-state index is -0.929. The Morgan fingerprint density at radius 1 is 1.57 bits per heavy atom. The molecule has 1 heterocycles. The van der Waals surface area contributed by atoms with Gasteiger partial charge in [0.15, 0.2) is 0 Å². The molecule has 76 valence electrons. The highest BCUT2D eigenvalue weighted by Gasteiger charge is 2.48. The Hall–Kier alpha value is -0.390. The predicted molar refractivity (Wildman–Crippen MR) is 56.3 cm³/mol. The van der Waals surface area contributed by atoms with E-state index in [1.54, 1.807) is 0 Å². The summed E-state index contributed by atoms with van der Waals surface area (Å²) in [5, 5.41) is 22.5. The lowest BCUT2D eigenvalue weighted by molar-refractivity contribution is -0.159. The Labute approximate surface area is 93.5 Å². The van der Waals surface area contributed by atoms with Crippen molar-refractivity contribution in [2.24, 2.45) is 5.92 Å². The van der Waals surface area contributed by atoms with Crippen molar-refractivity contribution in [1.29, 1.82) is 0 Å². The molecule has 1 fully saturated rings. The van der Waals surface area contributed by atoms with E-state index in [4.69, 9.17) is 5.11 Å². The molecule has 1 aromatic rings. The molecule has 1 saturated carbocycles. The zero-order valence-corrected chi connectivity index (χ0v) is 9.64. The van der Waals surface area contributed by atoms with Crippen molar-refractivity contribution in [2.75, 3.05) is 0 Å². The Kier molecular flexibility index (Phi) is 2.41. The molecule has 1 aliphatic carbocycles. The molecule has 0 unspecified atom stereocenters. The largest absolute Gasteiger partial charge is 0.481 e. The van der Waals surface area contributed by atoms with Crippen molar-refractivity contribution in [3.63, 3.8) is 0 Å². The summed E-state index contributed by atoms with van der Waals surface area (Å²) < 4.78 is 0.869. The molecule has 2 rings (SSSR count). The SMILES string of the molecule is O=C(O)C1CC(O)(c2cscc2Br)C1. The van der Waals surface area contributed by atoms with E-state index >= 15 is 0 Å². The summed E-state index contributed by atoms with van der Waals surface area (Å²) in [5.41, 5.74) is -0.109. The molecule has 5 heteroatoms. The number of carboxylic acids is 1. The number of aliphatic hydroxyl groups is 1. The number of carboxylic acid groups (broad SMARTS) is 1. The van der Waals surface area contributed by atoms with Crippen LogP contribution in [0.1, 0.15) is 18.4 Å². The fraction of sp³-hybridized carbons (Fsp3) is 0.444. The average molecular weight is 277 g/mol. The van der Waals surface area contributed by atoms with Gasteiger partial charge in [-0.3, -0.25) is 4.79 Å². The molecule has 0 spiro atoms. The molecule has 0 radical (unpaired) electrons. The van der Waals surface area contributed by atoms with Crippen molar-refractivity contribution < 1.29 is 15.0 Å². The van der Waals surface area contributed by atoms with Gasteiger partial charge in [-0.15, -0.1) is 0 Å². The van der Waals surface area contributed by atoms with Gasteiger partial charge in [-0.1, -0.05) is 0 Å². The van der Waals surface area contributed by atoms with Gasteiger partial charge in [0.05, 0.1) is 11.5 Å². The van der Waals surface area contributed by atoms with Crippen molar-refractivity contribution in [1.82, 2.24) is 0 Å². The number of halogens is 1. The van der Waals surface area contributed by atoms with Crippen LogP contribution >= 0.6 is 27.3 Å². The number of hydrogen-bond donors (Lipinski definition) is 2. The Morgan fingerprint density at radius 2 is 2.21 bits per heavy atom. The van der Waals surface area contributed by atoms with Gasteiger partial charge in [-0.05, 0) is 34.2 Å². The summed E-state index contributed by atoms with van der Waals surface area (Å²) in [4.78, 5) is 10.6. The van der Waals surface area contributed by atoms with E-state index < -0.39 is 17.5 Å². The third-order valence-electron chi connectivity index (χ3n) is 2.63.